The Morgan fingerprint density at radius 2 is 1.76 bits per heavy atom. The number of carbonyl (C=O) groups excluding carboxylic acids is 1. The Kier molecular flexibility index (Phi) is 6.16. The Balaban J connectivity index is 1.44. The van der Waals surface area contributed by atoms with E-state index in [4.69, 9.17) is 5.73 Å². The molecule has 3 N–H and O–H groups in total. The molecule has 0 bridgehead atoms. The molecule has 1 aliphatic heterocycles. The first-order valence-electron chi connectivity index (χ1n) is 10.2. The van der Waals surface area contributed by atoms with Gasteiger partial charge in [-0.25, -0.2) is 4.98 Å². The first-order valence-corrected chi connectivity index (χ1v) is 11.7. The normalized spacial score (nSPS) is 14.5. The number of anilines is 3. The summed E-state index contributed by atoms with van der Waals surface area (Å²) < 4.78 is 28.8. The number of nitrogens with one attached hydrogen (secondary N) is 1. The van der Waals surface area contributed by atoms with Crippen molar-refractivity contribution in [3.63, 3.8) is 0 Å². The molecule has 0 atom stereocenters. The average Bonchev–Trinajstić information content (AvgIpc) is 3.20. The fourth-order valence-corrected chi connectivity index (χ4v) is 3.99. The number of nitrogens with two attached hydrogens (primary N) is 1. The number of carbonyl (C=O) groups is 1. The molecule has 0 unspecified atom stereocenters. The van der Waals surface area contributed by atoms with E-state index in [1.165, 1.54) is 18.8 Å². The van der Waals surface area contributed by atoms with Crippen LogP contribution in [0.4, 0.5) is 17.3 Å². The number of hydrogen-bond acceptors (Lipinski definition) is 8. The summed E-state index contributed by atoms with van der Waals surface area (Å²) in [6.07, 6.45) is 1.75. The fraction of sp³-hybridized carbons (Fsp3) is 0.300. The zero-order valence-corrected chi connectivity index (χ0v) is 19.1. The highest BCUT2D eigenvalue weighted by molar-refractivity contribution is 7.90. The van der Waals surface area contributed by atoms with Crippen LogP contribution < -0.4 is 15.4 Å². The lowest BCUT2D eigenvalue weighted by atomic mass is 10.2. The van der Waals surface area contributed by atoms with Crippen LogP contribution in [0.3, 0.4) is 0 Å². The molecular weight excluding hydrogens is 446 g/mol. The molecule has 0 spiro atoms. The maximum absolute atomic E-state index is 13.0. The second-order valence-electron chi connectivity index (χ2n) is 7.64. The quantitative estimate of drug-likeness (QED) is 0.527. The summed E-state index contributed by atoms with van der Waals surface area (Å²) >= 11 is 0. The Morgan fingerprint density at radius 1 is 1.06 bits per heavy atom. The average molecular weight is 472 g/mol. The van der Waals surface area contributed by atoms with Crippen LogP contribution >= 0.6 is 0 Å². The van der Waals surface area contributed by atoms with Crippen molar-refractivity contribution >= 4 is 33.4 Å². The Hall–Kier alpha value is -3.71. The minimum atomic E-state index is -3.61. The molecule has 174 valence electrons. The van der Waals surface area contributed by atoms with Crippen molar-refractivity contribution in [2.24, 2.45) is 0 Å². The second-order valence-corrected chi connectivity index (χ2v) is 9.52. The van der Waals surface area contributed by atoms with Gasteiger partial charge in [0.2, 0.25) is 0 Å². The number of pyridine rings is 1. The van der Waals surface area contributed by atoms with E-state index in [1.807, 2.05) is 18.2 Å². The fourth-order valence-electron chi connectivity index (χ4n) is 3.37. The summed E-state index contributed by atoms with van der Waals surface area (Å²) in [5, 5.41) is 8.03. The van der Waals surface area contributed by atoms with Gasteiger partial charge in [-0.15, -0.1) is 5.10 Å². The van der Waals surface area contributed by atoms with Crippen molar-refractivity contribution in [3.05, 3.63) is 54.4 Å². The van der Waals surface area contributed by atoms with Gasteiger partial charge in [-0.1, -0.05) is 11.3 Å². The van der Waals surface area contributed by atoms with Gasteiger partial charge in [0, 0.05) is 52.2 Å². The Bertz CT molecular complexity index is 1220. The highest BCUT2D eigenvalue weighted by Gasteiger charge is 2.27. The topological polar surface area (TPSA) is 143 Å². The minimum absolute atomic E-state index is 0.0821. The lowest BCUT2D eigenvalue weighted by molar-refractivity contribution is 0.0741. The van der Waals surface area contributed by atoms with Crippen molar-refractivity contribution < 1.29 is 13.2 Å². The van der Waals surface area contributed by atoms with Crippen LogP contribution in [0.25, 0.3) is 5.69 Å². The molecule has 0 saturated carbocycles. The number of hydrogen-bond donors (Lipinski definition) is 2. The number of aromatic nitrogens is 4. The number of piperazine rings is 1. The minimum Gasteiger partial charge on any atom is -0.382 e. The Labute approximate surface area is 191 Å². The molecule has 1 aliphatic rings. The molecule has 1 aromatic carbocycles. The smallest absolute Gasteiger partial charge is 0.301 e. The van der Waals surface area contributed by atoms with E-state index in [-0.39, 0.29) is 17.4 Å². The highest BCUT2D eigenvalue weighted by atomic mass is 32.2. The number of nitrogen functional groups attached to an aromatic ring is 1. The molecule has 1 saturated heterocycles. The molecule has 4 rings (SSSR count). The van der Waals surface area contributed by atoms with Gasteiger partial charge in [0.15, 0.2) is 11.5 Å². The van der Waals surface area contributed by atoms with Crippen LogP contribution in [0, 0.1) is 0 Å². The maximum Gasteiger partial charge on any atom is 0.301 e. The predicted molar refractivity (Wildman–Crippen MR) is 124 cm³/mol. The molecule has 2 aromatic heterocycles. The van der Waals surface area contributed by atoms with Crippen LogP contribution in [0.5, 0.6) is 0 Å². The molecule has 0 radical (unpaired) electrons. The van der Waals surface area contributed by atoms with Crippen molar-refractivity contribution in [3.8, 4) is 5.69 Å². The zero-order chi connectivity index (χ0) is 23.6. The van der Waals surface area contributed by atoms with Crippen molar-refractivity contribution in [2.75, 3.05) is 55.6 Å². The second kappa shape index (κ2) is 9.03. The van der Waals surface area contributed by atoms with E-state index in [0.717, 1.165) is 10.1 Å². The third kappa shape index (κ3) is 4.73. The lowest BCUT2D eigenvalue weighted by Gasteiger charge is -2.35. The van der Waals surface area contributed by atoms with E-state index in [0.29, 0.717) is 37.6 Å². The number of nitrogens with zero attached hydrogens (tertiary/aromatic N) is 7. The van der Waals surface area contributed by atoms with Gasteiger partial charge < -0.3 is 15.5 Å². The third-order valence-corrected chi connectivity index (χ3v) is 6.74. The molecule has 12 nitrogen and oxygen atoms in total. The van der Waals surface area contributed by atoms with Gasteiger partial charge in [-0.05, 0) is 36.4 Å². The molecular formula is C20H25N9O3S. The van der Waals surface area contributed by atoms with Gasteiger partial charge in [0.1, 0.15) is 5.82 Å². The van der Waals surface area contributed by atoms with Gasteiger partial charge in [0.05, 0.1) is 5.69 Å². The molecule has 0 aliphatic carbocycles. The number of amides is 1. The van der Waals surface area contributed by atoms with Crippen LogP contribution in [0.1, 0.15) is 10.5 Å². The first-order chi connectivity index (χ1) is 15.8. The summed E-state index contributed by atoms with van der Waals surface area (Å²) in [7, 11) is -0.743. The zero-order valence-electron chi connectivity index (χ0n) is 18.3. The van der Waals surface area contributed by atoms with Gasteiger partial charge in [-0.3, -0.25) is 9.52 Å². The number of rotatable bonds is 6. The predicted octanol–water partition coefficient (Wildman–Crippen LogP) is 0.425. The Morgan fingerprint density at radius 3 is 2.36 bits per heavy atom. The third-order valence-electron chi connectivity index (χ3n) is 5.29. The molecule has 1 fully saturated rings. The lowest BCUT2D eigenvalue weighted by Crippen LogP contribution is -2.49. The van der Waals surface area contributed by atoms with Gasteiger partial charge >= 0.3 is 10.2 Å². The van der Waals surface area contributed by atoms with E-state index < -0.39 is 10.2 Å². The van der Waals surface area contributed by atoms with Gasteiger partial charge in [0.25, 0.3) is 5.91 Å². The van der Waals surface area contributed by atoms with E-state index in [9.17, 15) is 13.2 Å². The van der Waals surface area contributed by atoms with Crippen LogP contribution in [-0.2, 0) is 10.2 Å². The van der Waals surface area contributed by atoms with Gasteiger partial charge in [-0.2, -0.15) is 17.4 Å². The van der Waals surface area contributed by atoms with Crippen molar-refractivity contribution in [2.45, 2.75) is 0 Å². The van der Waals surface area contributed by atoms with Crippen LogP contribution in [0.15, 0.2) is 48.7 Å². The van der Waals surface area contributed by atoms with Crippen molar-refractivity contribution in [1.82, 2.24) is 29.2 Å². The van der Waals surface area contributed by atoms with Crippen molar-refractivity contribution in [1.29, 1.82) is 0 Å². The number of benzene rings is 1. The summed E-state index contributed by atoms with van der Waals surface area (Å²) in [6, 6.07) is 12.2. The van der Waals surface area contributed by atoms with E-state index in [2.05, 4.69) is 24.9 Å². The van der Waals surface area contributed by atoms with Crippen LogP contribution in [0.2, 0.25) is 0 Å². The summed E-state index contributed by atoms with van der Waals surface area (Å²) in [4.78, 5) is 21.2. The van der Waals surface area contributed by atoms with E-state index in [1.54, 1.807) is 35.4 Å². The highest BCUT2D eigenvalue weighted by Crippen LogP contribution is 2.20. The molecule has 33 heavy (non-hydrogen) atoms. The summed E-state index contributed by atoms with van der Waals surface area (Å²) in [5.41, 5.74) is 7.21. The van der Waals surface area contributed by atoms with E-state index >= 15 is 0 Å². The molecule has 3 heterocycles. The monoisotopic (exact) mass is 471 g/mol. The standard InChI is InChI=1S/C20H25N9O3S/c1-26(2)33(31,32)24-15-6-8-16(9-7-15)29-19(21)18(23-25-29)20(30)28-13-11-27(12-14-28)17-5-3-4-10-22-17/h3-10,24H,11-14,21H2,1-2H3. The molecule has 3 aromatic rings. The SMILES string of the molecule is CN(C)S(=O)(=O)Nc1ccc(-n2nnc(C(=O)N3CCN(c4ccccn4)CC3)c2N)cc1. The maximum atomic E-state index is 13.0. The molecule has 13 heteroatoms. The summed E-state index contributed by atoms with van der Waals surface area (Å²) in [6.45, 7) is 2.34. The largest absolute Gasteiger partial charge is 0.382 e. The van der Waals surface area contributed by atoms with Crippen LogP contribution in [-0.4, -0.2) is 83.8 Å². The summed E-state index contributed by atoms with van der Waals surface area (Å²) in [5.74, 6) is 0.718. The first kappa shape index (κ1) is 22.5. The molecule has 1 amide bonds.